The van der Waals surface area contributed by atoms with E-state index in [9.17, 15) is 0 Å². The third-order valence-corrected chi connectivity index (χ3v) is 5.97. The van der Waals surface area contributed by atoms with Crippen LogP contribution in [0.5, 0.6) is 0 Å². The van der Waals surface area contributed by atoms with Gasteiger partial charge in [-0.25, -0.2) is 0 Å². The van der Waals surface area contributed by atoms with E-state index in [2.05, 4.69) is 23.2 Å². The molecule has 1 spiro atoms. The van der Waals surface area contributed by atoms with Crippen molar-refractivity contribution in [2.24, 2.45) is 0 Å². The summed E-state index contributed by atoms with van der Waals surface area (Å²) in [5, 5.41) is 3.85. The van der Waals surface area contributed by atoms with Crippen LogP contribution in [0.15, 0.2) is 12.1 Å². The predicted molar refractivity (Wildman–Crippen MR) is 83.0 cm³/mol. The molecule has 2 nitrogen and oxygen atoms in total. The second kappa shape index (κ2) is 5.72. The number of nitrogens with one attached hydrogen (secondary N) is 1. The van der Waals surface area contributed by atoms with Gasteiger partial charge in [-0.1, -0.05) is 31.4 Å². The smallest absolute Gasteiger partial charge is 0.0931 e. The van der Waals surface area contributed by atoms with Crippen LogP contribution in [0.2, 0.25) is 4.34 Å². The molecule has 1 atom stereocenters. The molecule has 1 aliphatic carbocycles. The molecule has 2 fully saturated rings. The van der Waals surface area contributed by atoms with Gasteiger partial charge in [0.1, 0.15) is 0 Å². The van der Waals surface area contributed by atoms with Crippen molar-refractivity contribution in [2.75, 3.05) is 13.1 Å². The van der Waals surface area contributed by atoms with Gasteiger partial charge in [0.2, 0.25) is 0 Å². The van der Waals surface area contributed by atoms with Gasteiger partial charge >= 0.3 is 0 Å². The van der Waals surface area contributed by atoms with Crippen LogP contribution >= 0.6 is 22.9 Å². The molecule has 1 unspecified atom stereocenters. The molecule has 0 radical (unpaired) electrons. The normalized spacial score (nSPS) is 27.2. The molecule has 0 aromatic carbocycles. The lowest BCUT2D eigenvalue weighted by molar-refractivity contribution is 0.0727. The summed E-state index contributed by atoms with van der Waals surface area (Å²) in [4.78, 5) is 4.09. The fraction of sp³-hybridized carbons (Fsp3) is 0.733. The number of rotatable bonds is 3. The van der Waals surface area contributed by atoms with Crippen molar-refractivity contribution in [3.63, 3.8) is 0 Å². The van der Waals surface area contributed by atoms with Gasteiger partial charge in [0, 0.05) is 36.1 Å². The maximum atomic E-state index is 6.06. The zero-order valence-corrected chi connectivity index (χ0v) is 13.2. The molecule has 2 heterocycles. The molecule has 1 aromatic rings. The lowest BCUT2D eigenvalue weighted by Crippen LogP contribution is -2.62. The molecule has 3 rings (SSSR count). The van der Waals surface area contributed by atoms with Crippen molar-refractivity contribution in [1.29, 1.82) is 0 Å². The number of piperazine rings is 1. The molecule has 19 heavy (non-hydrogen) atoms. The van der Waals surface area contributed by atoms with Crippen molar-refractivity contribution < 1.29 is 0 Å². The first-order valence-corrected chi connectivity index (χ1v) is 8.63. The SMILES string of the molecule is CCC1CNC2(CCCC2)CN1Cc1ccc(Cl)s1. The monoisotopic (exact) mass is 298 g/mol. The number of hydrogen-bond acceptors (Lipinski definition) is 3. The van der Waals surface area contributed by atoms with Crippen molar-refractivity contribution in [1.82, 2.24) is 10.2 Å². The lowest BCUT2D eigenvalue weighted by atomic mass is 9.91. The Bertz CT molecular complexity index is 426. The summed E-state index contributed by atoms with van der Waals surface area (Å²) in [6, 6.07) is 4.88. The van der Waals surface area contributed by atoms with Crippen LogP contribution in [0, 0.1) is 0 Å². The van der Waals surface area contributed by atoms with Gasteiger partial charge in [-0.3, -0.25) is 4.90 Å². The van der Waals surface area contributed by atoms with Crippen LogP contribution in [0.1, 0.15) is 43.9 Å². The van der Waals surface area contributed by atoms with Gasteiger partial charge in [-0.15, -0.1) is 11.3 Å². The quantitative estimate of drug-likeness (QED) is 0.910. The zero-order valence-electron chi connectivity index (χ0n) is 11.6. The van der Waals surface area contributed by atoms with Crippen LogP contribution in [-0.4, -0.2) is 29.6 Å². The van der Waals surface area contributed by atoms with E-state index in [1.807, 2.05) is 6.07 Å². The molecule has 0 amide bonds. The molecular formula is C15H23ClN2S. The van der Waals surface area contributed by atoms with Crippen LogP contribution in [0.4, 0.5) is 0 Å². The number of hydrogen-bond donors (Lipinski definition) is 1. The first-order valence-electron chi connectivity index (χ1n) is 7.44. The first kappa shape index (κ1) is 13.9. The Morgan fingerprint density at radius 3 is 2.84 bits per heavy atom. The highest BCUT2D eigenvalue weighted by Gasteiger charge is 2.40. The molecule has 1 saturated heterocycles. The molecule has 1 saturated carbocycles. The molecular weight excluding hydrogens is 276 g/mol. The second-order valence-electron chi connectivity index (χ2n) is 6.04. The van der Waals surface area contributed by atoms with Crippen LogP contribution in [-0.2, 0) is 6.54 Å². The van der Waals surface area contributed by atoms with Crippen LogP contribution in [0.3, 0.4) is 0 Å². The Hall–Kier alpha value is -0.0900. The van der Waals surface area contributed by atoms with Gasteiger partial charge in [0.05, 0.1) is 4.34 Å². The third kappa shape index (κ3) is 2.99. The van der Waals surface area contributed by atoms with E-state index in [4.69, 9.17) is 11.6 Å². The molecule has 2 aliphatic rings. The fourth-order valence-electron chi connectivity index (χ4n) is 3.65. The predicted octanol–water partition coefficient (Wildman–Crippen LogP) is 3.90. The summed E-state index contributed by atoms with van der Waals surface area (Å²) in [7, 11) is 0. The van der Waals surface area contributed by atoms with Gasteiger partial charge in [-0.2, -0.15) is 0 Å². The standard InChI is InChI=1S/C15H23ClN2S/c1-2-12-9-17-15(7-3-4-8-15)11-18(12)10-13-5-6-14(16)19-13/h5-6,12,17H,2-4,7-11H2,1H3. The van der Waals surface area contributed by atoms with E-state index in [1.165, 1.54) is 43.5 Å². The largest absolute Gasteiger partial charge is 0.308 e. The van der Waals surface area contributed by atoms with Gasteiger partial charge < -0.3 is 5.32 Å². The Morgan fingerprint density at radius 2 is 2.21 bits per heavy atom. The minimum atomic E-state index is 0.409. The van der Waals surface area contributed by atoms with Crippen molar-refractivity contribution in [2.45, 2.75) is 57.2 Å². The molecule has 1 aliphatic heterocycles. The van der Waals surface area contributed by atoms with Crippen LogP contribution < -0.4 is 5.32 Å². The Kier molecular flexibility index (Phi) is 4.18. The Labute approximate surface area is 125 Å². The summed E-state index contributed by atoms with van der Waals surface area (Å²) < 4.78 is 0.911. The average Bonchev–Trinajstić information content (AvgIpc) is 3.00. The maximum Gasteiger partial charge on any atom is 0.0931 e. The lowest BCUT2D eigenvalue weighted by Gasteiger charge is -2.46. The summed E-state index contributed by atoms with van der Waals surface area (Å²) in [5.41, 5.74) is 0.409. The van der Waals surface area contributed by atoms with Gasteiger partial charge in [0.15, 0.2) is 0 Å². The molecule has 1 N–H and O–H groups in total. The molecule has 4 heteroatoms. The molecule has 106 valence electrons. The molecule has 1 aromatic heterocycles. The van der Waals surface area contributed by atoms with E-state index >= 15 is 0 Å². The van der Waals surface area contributed by atoms with Crippen LogP contribution in [0.25, 0.3) is 0 Å². The average molecular weight is 299 g/mol. The number of nitrogens with zero attached hydrogens (tertiary/aromatic N) is 1. The van der Waals surface area contributed by atoms with E-state index in [-0.39, 0.29) is 0 Å². The Balaban J connectivity index is 1.71. The van der Waals surface area contributed by atoms with E-state index in [0.29, 0.717) is 11.6 Å². The summed E-state index contributed by atoms with van der Waals surface area (Å²) >= 11 is 7.78. The summed E-state index contributed by atoms with van der Waals surface area (Å²) in [5.74, 6) is 0. The van der Waals surface area contributed by atoms with Crippen molar-refractivity contribution >= 4 is 22.9 Å². The zero-order chi connectivity index (χ0) is 13.3. The summed E-state index contributed by atoms with van der Waals surface area (Å²) in [6.45, 7) is 5.73. The number of thiophene rings is 1. The minimum absolute atomic E-state index is 0.409. The number of halogens is 1. The fourth-order valence-corrected chi connectivity index (χ4v) is 4.76. The summed E-state index contributed by atoms with van der Waals surface area (Å²) in [6.07, 6.45) is 6.71. The van der Waals surface area contributed by atoms with E-state index in [0.717, 1.165) is 17.4 Å². The maximum absolute atomic E-state index is 6.06. The third-order valence-electron chi connectivity index (χ3n) is 4.75. The van der Waals surface area contributed by atoms with Crippen molar-refractivity contribution in [3.8, 4) is 0 Å². The highest BCUT2D eigenvalue weighted by atomic mass is 35.5. The minimum Gasteiger partial charge on any atom is -0.308 e. The van der Waals surface area contributed by atoms with E-state index in [1.54, 1.807) is 11.3 Å². The first-order chi connectivity index (χ1) is 9.21. The highest BCUT2D eigenvalue weighted by molar-refractivity contribution is 7.16. The van der Waals surface area contributed by atoms with Gasteiger partial charge in [0.25, 0.3) is 0 Å². The second-order valence-corrected chi connectivity index (χ2v) is 7.84. The highest BCUT2D eigenvalue weighted by Crippen LogP contribution is 2.34. The van der Waals surface area contributed by atoms with Crippen molar-refractivity contribution in [3.05, 3.63) is 21.3 Å². The van der Waals surface area contributed by atoms with E-state index < -0.39 is 0 Å². The van der Waals surface area contributed by atoms with Gasteiger partial charge in [-0.05, 0) is 31.4 Å². The molecule has 0 bridgehead atoms. The Morgan fingerprint density at radius 1 is 1.42 bits per heavy atom. The topological polar surface area (TPSA) is 15.3 Å².